The Morgan fingerprint density at radius 3 is 2.71 bits per heavy atom. The average Bonchev–Trinajstić information content (AvgIpc) is 3.25. The molecule has 7 nitrogen and oxygen atoms in total. The molecule has 1 aromatic carbocycles. The second-order valence-electron chi connectivity index (χ2n) is 5.11. The lowest BCUT2D eigenvalue weighted by Gasteiger charge is -2.11. The first-order valence-electron chi connectivity index (χ1n) is 7.27. The number of nitrogens with one attached hydrogen (secondary N) is 2. The molecule has 124 valence electrons. The lowest BCUT2D eigenvalue weighted by Crippen LogP contribution is -2.32. The van der Waals surface area contributed by atoms with E-state index in [2.05, 4.69) is 20.8 Å². The molecule has 2 heterocycles. The van der Waals surface area contributed by atoms with Crippen LogP contribution in [-0.2, 0) is 0 Å². The van der Waals surface area contributed by atoms with Crippen LogP contribution in [0.3, 0.4) is 0 Å². The van der Waals surface area contributed by atoms with Gasteiger partial charge in [-0.25, -0.2) is 4.79 Å². The van der Waals surface area contributed by atoms with Crippen LogP contribution in [-0.4, -0.2) is 27.9 Å². The van der Waals surface area contributed by atoms with Crippen molar-refractivity contribution in [2.75, 3.05) is 11.9 Å². The lowest BCUT2D eigenvalue weighted by atomic mass is 10.2. The highest BCUT2D eigenvalue weighted by Gasteiger charge is 2.10. The summed E-state index contributed by atoms with van der Waals surface area (Å²) < 4.78 is 5.34. The van der Waals surface area contributed by atoms with E-state index in [1.54, 1.807) is 31.2 Å². The summed E-state index contributed by atoms with van der Waals surface area (Å²) in [7, 11) is 0. The normalized spacial score (nSPS) is 11.9. The third kappa shape index (κ3) is 3.98. The molecular weight excluding hydrogens is 328 g/mol. The van der Waals surface area contributed by atoms with Crippen LogP contribution in [0.2, 0.25) is 0 Å². The monoisotopic (exact) mass is 344 g/mol. The third-order valence-corrected chi connectivity index (χ3v) is 4.00. The molecule has 2 aromatic heterocycles. The molecule has 0 unspecified atom stereocenters. The van der Waals surface area contributed by atoms with Crippen LogP contribution in [0.4, 0.5) is 10.5 Å². The zero-order chi connectivity index (χ0) is 16.9. The molecular formula is C16H16N4O3S. The molecule has 2 amide bonds. The number of carbonyl (C=O) groups is 1. The maximum Gasteiger partial charge on any atom is 0.319 e. The summed E-state index contributed by atoms with van der Waals surface area (Å²) in [5, 5.41) is 26.7. The van der Waals surface area contributed by atoms with Crippen molar-refractivity contribution in [2.45, 2.75) is 13.0 Å². The average molecular weight is 344 g/mol. The summed E-state index contributed by atoms with van der Waals surface area (Å²) in [6.07, 6.45) is -0.717. The van der Waals surface area contributed by atoms with Gasteiger partial charge in [0.05, 0.1) is 6.10 Å². The summed E-state index contributed by atoms with van der Waals surface area (Å²) in [6, 6.07) is 8.48. The maximum atomic E-state index is 11.9. The third-order valence-electron chi connectivity index (χ3n) is 3.30. The minimum absolute atomic E-state index is 0.141. The Balaban J connectivity index is 1.53. The van der Waals surface area contributed by atoms with E-state index in [1.807, 2.05) is 16.8 Å². The van der Waals surface area contributed by atoms with Crippen LogP contribution in [0.5, 0.6) is 0 Å². The van der Waals surface area contributed by atoms with Crippen LogP contribution in [0, 0.1) is 6.92 Å². The molecule has 0 saturated carbocycles. The standard InChI is InChI=1S/C16H16N4O3S/c1-10-19-20-15(23-10)11-2-4-13(5-3-11)18-16(22)17-8-14(21)12-6-7-24-9-12/h2-7,9,14,21H,8H2,1H3,(H2,17,18,22)/t14-/m1/s1. The van der Waals surface area contributed by atoms with E-state index in [9.17, 15) is 9.90 Å². The molecule has 0 radical (unpaired) electrons. The highest BCUT2D eigenvalue weighted by atomic mass is 32.1. The van der Waals surface area contributed by atoms with Gasteiger partial charge >= 0.3 is 6.03 Å². The van der Waals surface area contributed by atoms with Gasteiger partial charge in [-0.3, -0.25) is 0 Å². The van der Waals surface area contributed by atoms with Gasteiger partial charge in [0.1, 0.15) is 0 Å². The van der Waals surface area contributed by atoms with Gasteiger partial charge in [0.25, 0.3) is 0 Å². The van der Waals surface area contributed by atoms with E-state index in [1.165, 1.54) is 11.3 Å². The Labute approximate surface area is 142 Å². The van der Waals surface area contributed by atoms with Gasteiger partial charge < -0.3 is 20.2 Å². The minimum atomic E-state index is -0.717. The maximum absolute atomic E-state index is 11.9. The van der Waals surface area contributed by atoms with E-state index < -0.39 is 6.10 Å². The molecule has 0 spiro atoms. The van der Waals surface area contributed by atoms with Gasteiger partial charge in [-0.15, -0.1) is 10.2 Å². The predicted octanol–water partition coefficient (Wildman–Crippen LogP) is 2.96. The van der Waals surface area contributed by atoms with E-state index in [-0.39, 0.29) is 12.6 Å². The van der Waals surface area contributed by atoms with Gasteiger partial charge in [0, 0.05) is 24.7 Å². The molecule has 24 heavy (non-hydrogen) atoms. The van der Waals surface area contributed by atoms with Gasteiger partial charge in [0.2, 0.25) is 11.8 Å². The molecule has 3 N–H and O–H groups in total. The Kier molecular flexibility index (Phi) is 4.88. The second-order valence-corrected chi connectivity index (χ2v) is 5.89. The van der Waals surface area contributed by atoms with Crippen LogP contribution in [0.15, 0.2) is 45.5 Å². The summed E-state index contributed by atoms with van der Waals surface area (Å²) in [5.41, 5.74) is 2.19. The molecule has 0 aliphatic rings. The largest absolute Gasteiger partial charge is 0.421 e. The van der Waals surface area contributed by atoms with Crippen molar-refractivity contribution in [1.82, 2.24) is 15.5 Å². The summed E-state index contributed by atoms with van der Waals surface area (Å²) in [6.45, 7) is 1.86. The van der Waals surface area contributed by atoms with E-state index >= 15 is 0 Å². The van der Waals surface area contributed by atoms with Crippen LogP contribution in [0.1, 0.15) is 17.6 Å². The number of nitrogens with zero attached hydrogens (tertiary/aromatic N) is 2. The second kappa shape index (κ2) is 7.24. The first-order valence-corrected chi connectivity index (χ1v) is 8.21. The summed E-state index contributed by atoms with van der Waals surface area (Å²) >= 11 is 1.50. The molecule has 0 saturated heterocycles. The number of urea groups is 1. The molecule has 0 bridgehead atoms. The predicted molar refractivity (Wildman–Crippen MR) is 90.8 cm³/mol. The van der Waals surface area contributed by atoms with Gasteiger partial charge in [-0.05, 0) is 46.7 Å². The highest BCUT2D eigenvalue weighted by molar-refractivity contribution is 7.07. The Hall–Kier alpha value is -2.71. The summed E-state index contributed by atoms with van der Waals surface area (Å²) in [5.74, 6) is 0.929. The smallest absolute Gasteiger partial charge is 0.319 e. The van der Waals surface area contributed by atoms with E-state index in [0.29, 0.717) is 17.5 Å². The zero-order valence-electron chi connectivity index (χ0n) is 12.9. The highest BCUT2D eigenvalue weighted by Crippen LogP contribution is 2.20. The van der Waals surface area contributed by atoms with Crippen molar-refractivity contribution in [3.63, 3.8) is 0 Å². The number of amides is 2. The van der Waals surface area contributed by atoms with Crippen LogP contribution < -0.4 is 10.6 Å². The number of rotatable bonds is 5. The number of aromatic nitrogens is 2. The van der Waals surface area contributed by atoms with Crippen molar-refractivity contribution in [3.05, 3.63) is 52.5 Å². The molecule has 8 heteroatoms. The van der Waals surface area contributed by atoms with Crippen molar-refractivity contribution in [3.8, 4) is 11.5 Å². The quantitative estimate of drug-likeness (QED) is 0.661. The van der Waals surface area contributed by atoms with Crippen molar-refractivity contribution in [1.29, 1.82) is 0 Å². The number of benzene rings is 1. The topological polar surface area (TPSA) is 100 Å². The number of hydrogen-bond donors (Lipinski definition) is 3. The fourth-order valence-electron chi connectivity index (χ4n) is 2.06. The van der Waals surface area contributed by atoms with Crippen molar-refractivity contribution in [2.24, 2.45) is 0 Å². The first-order chi connectivity index (χ1) is 11.6. The number of thiophene rings is 1. The van der Waals surface area contributed by atoms with Gasteiger partial charge in [0.15, 0.2) is 0 Å². The Morgan fingerprint density at radius 2 is 2.08 bits per heavy atom. The van der Waals surface area contributed by atoms with Crippen LogP contribution >= 0.6 is 11.3 Å². The molecule has 3 aromatic rings. The molecule has 3 rings (SSSR count). The van der Waals surface area contributed by atoms with Crippen LogP contribution in [0.25, 0.3) is 11.5 Å². The molecule has 0 fully saturated rings. The minimum Gasteiger partial charge on any atom is -0.421 e. The zero-order valence-corrected chi connectivity index (χ0v) is 13.7. The number of aliphatic hydroxyl groups excluding tert-OH is 1. The molecule has 0 aliphatic heterocycles. The number of carbonyl (C=O) groups excluding carboxylic acids is 1. The Bertz CT molecular complexity index is 799. The SMILES string of the molecule is Cc1nnc(-c2ccc(NC(=O)NC[C@@H](O)c3ccsc3)cc2)o1. The Morgan fingerprint density at radius 1 is 1.29 bits per heavy atom. The molecule has 0 aliphatic carbocycles. The fourth-order valence-corrected chi connectivity index (χ4v) is 2.76. The van der Waals surface area contributed by atoms with Gasteiger partial charge in [-0.1, -0.05) is 0 Å². The number of aliphatic hydroxyl groups is 1. The lowest BCUT2D eigenvalue weighted by molar-refractivity contribution is 0.175. The van der Waals surface area contributed by atoms with Gasteiger partial charge in [-0.2, -0.15) is 11.3 Å². The van der Waals surface area contributed by atoms with E-state index in [4.69, 9.17) is 4.42 Å². The number of aryl methyl sites for hydroxylation is 1. The van der Waals surface area contributed by atoms with Crippen molar-refractivity contribution >= 4 is 23.1 Å². The molecule has 1 atom stereocenters. The number of anilines is 1. The summed E-state index contributed by atoms with van der Waals surface area (Å²) in [4.78, 5) is 11.9. The fraction of sp³-hybridized carbons (Fsp3) is 0.188. The van der Waals surface area contributed by atoms with Crippen molar-refractivity contribution < 1.29 is 14.3 Å². The van der Waals surface area contributed by atoms with E-state index in [0.717, 1.165) is 11.1 Å². The number of hydrogen-bond acceptors (Lipinski definition) is 6. The first kappa shape index (κ1) is 16.2.